The van der Waals surface area contributed by atoms with Gasteiger partial charge in [-0.05, 0) is 13.3 Å². The third-order valence-corrected chi connectivity index (χ3v) is 2.44. The van der Waals surface area contributed by atoms with Crippen molar-refractivity contribution in [3.8, 4) is 0 Å². The van der Waals surface area contributed by atoms with Crippen LogP contribution in [-0.4, -0.2) is 65.3 Å². The van der Waals surface area contributed by atoms with Gasteiger partial charge < -0.3 is 25.7 Å². The molecular formula is C11H21N3O5. The second kappa shape index (κ2) is 7.57. The van der Waals surface area contributed by atoms with Gasteiger partial charge in [-0.15, -0.1) is 0 Å². The van der Waals surface area contributed by atoms with Crippen LogP contribution >= 0.6 is 0 Å². The summed E-state index contributed by atoms with van der Waals surface area (Å²) in [5, 5.41) is 22.9. The number of rotatable bonds is 7. The average Bonchev–Trinajstić information content (AvgIpc) is 2.35. The Hall–Kier alpha value is -1.83. The van der Waals surface area contributed by atoms with Crippen molar-refractivity contribution in [2.75, 3.05) is 26.7 Å². The molecule has 0 aliphatic heterocycles. The summed E-state index contributed by atoms with van der Waals surface area (Å²) in [6.45, 7) is 2.73. The number of carboxylic acid groups (broad SMARTS) is 1. The van der Waals surface area contributed by atoms with Crippen molar-refractivity contribution in [3.05, 3.63) is 0 Å². The van der Waals surface area contributed by atoms with Crippen molar-refractivity contribution in [1.82, 2.24) is 15.5 Å². The average molecular weight is 275 g/mol. The Kier molecular flexibility index (Phi) is 6.84. The van der Waals surface area contributed by atoms with Gasteiger partial charge in [0.15, 0.2) is 5.60 Å². The molecule has 8 heteroatoms. The van der Waals surface area contributed by atoms with Crippen LogP contribution in [0.4, 0.5) is 4.79 Å². The second-order valence-electron chi connectivity index (χ2n) is 4.33. The first-order valence-corrected chi connectivity index (χ1v) is 5.93. The van der Waals surface area contributed by atoms with Gasteiger partial charge in [0, 0.05) is 13.6 Å². The zero-order valence-corrected chi connectivity index (χ0v) is 11.4. The minimum atomic E-state index is -2.04. The van der Waals surface area contributed by atoms with Crippen molar-refractivity contribution in [2.24, 2.45) is 0 Å². The summed E-state index contributed by atoms with van der Waals surface area (Å²) >= 11 is 0. The quantitative estimate of drug-likeness (QED) is 0.474. The summed E-state index contributed by atoms with van der Waals surface area (Å²) in [6, 6.07) is -0.591. The molecule has 0 heterocycles. The maximum absolute atomic E-state index is 11.8. The van der Waals surface area contributed by atoms with Crippen molar-refractivity contribution in [3.63, 3.8) is 0 Å². The van der Waals surface area contributed by atoms with Crippen molar-refractivity contribution >= 4 is 17.9 Å². The lowest BCUT2D eigenvalue weighted by atomic mass is 10.1. The number of aliphatic hydroxyl groups is 1. The first kappa shape index (κ1) is 17.2. The fourth-order valence-corrected chi connectivity index (χ4v) is 1.21. The van der Waals surface area contributed by atoms with E-state index in [9.17, 15) is 19.5 Å². The molecule has 0 aromatic heterocycles. The second-order valence-corrected chi connectivity index (χ2v) is 4.33. The molecule has 1 atom stereocenters. The molecule has 0 aliphatic carbocycles. The lowest BCUT2D eigenvalue weighted by Crippen LogP contribution is -2.51. The molecule has 0 fully saturated rings. The van der Waals surface area contributed by atoms with Crippen LogP contribution in [0.25, 0.3) is 0 Å². The van der Waals surface area contributed by atoms with E-state index in [1.165, 1.54) is 11.9 Å². The largest absolute Gasteiger partial charge is 0.479 e. The normalized spacial score (nSPS) is 13.3. The summed E-state index contributed by atoms with van der Waals surface area (Å²) in [6.07, 6.45) is 0.653. The Balaban J connectivity index is 4.48. The number of nitrogens with one attached hydrogen (secondary N) is 2. The highest BCUT2D eigenvalue weighted by Crippen LogP contribution is 2.02. The van der Waals surface area contributed by atoms with E-state index in [1.54, 1.807) is 0 Å². The van der Waals surface area contributed by atoms with E-state index in [0.29, 0.717) is 13.0 Å². The van der Waals surface area contributed by atoms with Crippen molar-refractivity contribution in [1.29, 1.82) is 0 Å². The Bertz CT molecular complexity index is 343. The first-order chi connectivity index (χ1) is 8.74. The first-order valence-electron chi connectivity index (χ1n) is 5.93. The Morgan fingerprint density at radius 1 is 1.32 bits per heavy atom. The molecular weight excluding hydrogens is 254 g/mol. The molecule has 8 nitrogen and oxygen atoms in total. The van der Waals surface area contributed by atoms with E-state index in [1.807, 2.05) is 6.92 Å². The molecule has 0 radical (unpaired) electrons. The van der Waals surface area contributed by atoms with Gasteiger partial charge >= 0.3 is 12.0 Å². The Morgan fingerprint density at radius 2 is 1.89 bits per heavy atom. The monoisotopic (exact) mass is 275 g/mol. The molecule has 0 saturated carbocycles. The van der Waals surface area contributed by atoms with Crippen LogP contribution in [0.2, 0.25) is 0 Å². The van der Waals surface area contributed by atoms with Gasteiger partial charge in [0.25, 0.3) is 0 Å². The standard InChI is InChI=1S/C11H21N3O5/c1-4-5-14(6-8(15)12-3)10(18)13-7-11(2,19)9(16)17/h19H,4-7H2,1-3H3,(H,12,15)(H,13,18)(H,16,17). The van der Waals surface area contributed by atoms with E-state index in [4.69, 9.17) is 5.11 Å². The molecule has 110 valence electrons. The highest BCUT2D eigenvalue weighted by Gasteiger charge is 2.31. The topological polar surface area (TPSA) is 119 Å². The van der Waals surface area contributed by atoms with Crippen LogP contribution in [0, 0.1) is 0 Å². The molecule has 0 spiro atoms. The maximum atomic E-state index is 11.8. The lowest BCUT2D eigenvalue weighted by Gasteiger charge is -2.24. The SMILES string of the molecule is CCCN(CC(=O)NC)C(=O)NCC(C)(O)C(=O)O. The Labute approximate surface area is 111 Å². The van der Waals surface area contributed by atoms with Gasteiger partial charge in [0.1, 0.15) is 6.54 Å². The van der Waals surface area contributed by atoms with Crippen LogP contribution in [0.3, 0.4) is 0 Å². The van der Waals surface area contributed by atoms with Gasteiger partial charge in [-0.1, -0.05) is 6.92 Å². The highest BCUT2D eigenvalue weighted by atomic mass is 16.4. The van der Waals surface area contributed by atoms with E-state index >= 15 is 0 Å². The third-order valence-electron chi connectivity index (χ3n) is 2.44. The predicted molar refractivity (Wildman–Crippen MR) is 67.6 cm³/mol. The van der Waals surface area contributed by atoms with Gasteiger partial charge in [-0.3, -0.25) is 4.79 Å². The predicted octanol–water partition coefficient (Wildman–Crippen LogP) is -1.01. The van der Waals surface area contributed by atoms with E-state index in [0.717, 1.165) is 6.92 Å². The molecule has 3 amide bonds. The zero-order chi connectivity index (χ0) is 15.1. The van der Waals surface area contributed by atoms with Gasteiger partial charge in [0.2, 0.25) is 5.91 Å². The molecule has 1 unspecified atom stereocenters. The molecule has 4 N–H and O–H groups in total. The van der Waals surface area contributed by atoms with Crippen LogP contribution in [0.5, 0.6) is 0 Å². The highest BCUT2D eigenvalue weighted by molar-refractivity contribution is 5.84. The Morgan fingerprint density at radius 3 is 2.32 bits per heavy atom. The molecule has 19 heavy (non-hydrogen) atoms. The van der Waals surface area contributed by atoms with E-state index < -0.39 is 24.1 Å². The summed E-state index contributed by atoms with van der Waals surface area (Å²) < 4.78 is 0. The summed E-state index contributed by atoms with van der Waals surface area (Å²) in [4.78, 5) is 34.9. The summed E-state index contributed by atoms with van der Waals surface area (Å²) in [5.41, 5.74) is -2.04. The number of hydrogen-bond acceptors (Lipinski definition) is 4. The molecule has 0 aromatic rings. The van der Waals surface area contributed by atoms with Crippen LogP contribution in [-0.2, 0) is 9.59 Å². The number of likely N-dealkylation sites (N-methyl/N-ethyl adjacent to an activating group) is 1. The van der Waals surface area contributed by atoms with Crippen molar-refractivity contribution in [2.45, 2.75) is 25.9 Å². The molecule has 0 aromatic carbocycles. The maximum Gasteiger partial charge on any atom is 0.337 e. The number of aliphatic carboxylic acids is 1. The molecule has 0 bridgehead atoms. The molecule has 0 aliphatic rings. The molecule has 0 rings (SSSR count). The number of hydrogen-bond donors (Lipinski definition) is 4. The fraction of sp³-hybridized carbons (Fsp3) is 0.727. The minimum Gasteiger partial charge on any atom is -0.479 e. The van der Waals surface area contributed by atoms with Crippen LogP contribution in [0.15, 0.2) is 0 Å². The number of nitrogens with zero attached hydrogens (tertiary/aromatic N) is 1. The fourth-order valence-electron chi connectivity index (χ4n) is 1.21. The third kappa shape index (κ3) is 6.05. The number of urea groups is 1. The van der Waals surface area contributed by atoms with Gasteiger partial charge in [-0.25, -0.2) is 9.59 Å². The molecule has 0 saturated heterocycles. The number of carbonyl (C=O) groups is 3. The van der Waals surface area contributed by atoms with Crippen molar-refractivity contribution < 1.29 is 24.6 Å². The van der Waals surface area contributed by atoms with E-state index in [2.05, 4.69) is 10.6 Å². The van der Waals surface area contributed by atoms with Gasteiger partial charge in [-0.2, -0.15) is 0 Å². The van der Waals surface area contributed by atoms with E-state index in [-0.39, 0.29) is 12.5 Å². The number of amides is 3. The summed E-state index contributed by atoms with van der Waals surface area (Å²) in [5.74, 6) is -1.75. The number of carbonyl (C=O) groups excluding carboxylic acids is 2. The van der Waals surface area contributed by atoms with Crippen LogP contribution in [0.1, 0.15) is 20.3 Å². The minimum absolute atomic E-state index is 0.120. The lowest BCUT2D eigenvalue weighted by molar-refractivity contribution is -0.155. The van der Waals surface area contributed by atoms with Gasteiger partial charge in [0.05, 0.1) is 6.54 Å². The number of carboxylic acids is 1. The zero-order valence-electron chi connectivity index (χ0n) is 11.4. The smallest absolute Gasteiger partial charge is 0.337 e. The van der Waals surface area contributed by atoms with Crippen LogP contribution < -0.4 is 10.6 Å². The summed E-state index contributed by atoms with van der Waals surface area (Å²) in [7, 11) is 1.46.